The van der Waals surface area contributed by atoms with Gasteiger partial charge in [-0.2, -0.15) is 5.10 Å². The Balaban J connectivity index is 1.40. The third kappa shape index (κ3) is 2.80. The molecule has 6 rings (SSSR count). The van der Waals surface area contributed by atoms with Gasteiger partial charge in [0, 0.05) is 16.7 Å². The number of rotatable bonds is 4. The fourth-order valence-corrected chi connectivity index (χ4v) is 7.06. The van der Waals surface area contributed by atoms with E-state index in [1.807, 2.05) is 6.20 Å². The maximum absolute atomic E-state index is 12.6. The van der Waals surface area contributed by atoms with E-state index in [0.29, 0.717) is 5.82 Å². The van der Waals surface area contributed by atoms with E-state index in [1.165, 1.54) is 38.5 Å². The fraction of sp³-hybridized carbons (Fsp3) is 0.526. The van der Waals surface area contributed by atoms with Crippen LogP contribution in [0.5, 0.6) is 0 Å². The van der Waals surface area contributed by atoms with Gasteiger partial charge in [-0.1, -0.05) is 15.9 Å². The third-order valence-corrected chi connectivity index (χ3v) is 8.34. The molecule has 4 saturated carbocycles. The van der Waals surface area contributed by atoms with Crippen LogP contribution in [0, 0.1) is 17.8 Å². The van der Waals surface area contributed by atoms with Crippen LogP contribution in [0.2, 0.25) is 0 Å². The van der Waals surface area contributed by atoms with E-state index in [2.05, 4.69) is 30.4 Å². The van der Waals surface area contributed by atoms with Crippen LogP contribution < -0.4 is 4.72 Å². The minimum Gasteiger partial charge on any atom is -0.264 e. The number of nitrogens with zero attached hydrogens (tertiary/aromatic N) is 2. The van der Waals surface area contributed by atoms with Crippen LogP contribution in [0.3, 0.4) is 0 Å². The number of hydrogen-bond donors (Lipinski definition) is 1. The molecule has 0 aliphatic heterocycles. The number of halogens is 1. The van der Waals surface area contributed by atoms with Crippen molar-refractivity contribution in [2.75, 3.05) is 4.72 Å². The van der Waals surface area contributed by atoms with E-state index in [-0.39, 0.29) is 10.4 Å². The van der Waals surface area contributed by atoms with Gasteiger partial charge in [0.15, 0.2) is 5.82 Å². The van der Waals surface area contributed by atoms with Crippen molar-refractivity contribution in [1.29, 1.82) is 0 Å². The molecule has 7 heteroatoms. The van der Waals surface area contributed by atoms with Gasteiger partial charge < -0.3 is 0 Å². The number of sulfonamides is 1. The summed E-state index contributed by atoms with van der Waals surface area (Å²) in [7, 11) is -3.62. The molecule has 138 valence electrons. The predicted octanol–water partition coefficient (Wildman–Crippen LogP) is 4.37. The highest BCUT2D eigenvalue weighted by molar-refractivity contribution is 9.10. The fourth-order valence-electron chi connectivity index (χ4n) is 5.80. The summed E-state index contributed by atoms with van der Waals surface area (Å²) in [6, 6.07) is 8.41. The Morgan fingerprint density at radius 2 is 1.58 bits per heavy atom. The van der Waals surface area contributed by atoms with Crippen LogP contribution in [-0.4, -0.2) is 18.2 Å². The summed E-state index contributed by atoms with van der Waals surface area (Å²) in [5, 5.41) is 4.65. The minimum atomic E-state index is -3.62. The van der Waals surface area contributed by atoms with Gasteiger partial charge in [0.1, 0.15) is 0 Å². The number of aromatic nitrogens is 2. The van der Waals surface area contributed by atoms with E-state index in [1.54, 1.807) is 30.3 Å². The second kappa shape index (κ2) is 5.83. The summed E-state index contributed by atoms with van der Waals surface area (Å²) >= 11 is 3.33. The Hall–Kier alpha value is -1.34. The molecule has 1 aromatic heterocycles. The van der Waals surface area contributed by atoms with Crippen molar-refractivity contribution in [3.63, 3.8) is 0 Å². The molecule has 26 heavy (non-hydrogen) atoms. The van der Waals surface area contributed by atoms with E-state index in [0.717, 1.165) is 22.2 Å². The van der Waals surface area contributed by atoms with E-state index >= 15 is 0 Å². The van der Waals surface area contributed by atoms with Crippen molar-refractivity contribution >= 4 is 31.8 Å². The number of hydrogen-bond acceptors (Lipinski definition) is 3. The molecule has 1 aromatic carbocycles. The maximum atomic E-state index is 12.6. The second-order valence-corrected chi connectivity index (χ2v) is 10.9. The van der Waals surface area contributed by atoms with Crippen molar-refractivity contribution in [1.82, 2.24) is 9.78 Å². The zero-order valence-electron chi connectivity index (χ0n) is 14.4. The van der Waals surface area contributed by atoms with E-state index in [9.17, 15) is 8.42 Å². The molecule has 4 aliphatic carbocycles. The SMILES string of the molecule is O=S(=O)(Nc1ccn(C23CC4CC(CC(C4)C2)C3)n1)c1ccc(Br)cc1. The van der Waals surface area contributed by atoms with Gasteiger partial charge in [-0.3, -0.25) is 9.40 Å². The molecule has 0 amide bonds. The highest BCUT2D eigenvalue weighted by atomic mass is 79.9. The monoisotopic (exact) mass is 435 g/mol. The van der Waals surface area contributed by atoms with Crippen molar-refractivity contribution in [3.8, 4) is 0 Å². The molecule has 0 radical (unpaired) electrons. The van der Waals surface area contributed by atoms with Crippen molar-refractivity contribution in [2.24, 2.45) is 17.8 Å². The molecular weight excluding hydrogens is 414 g/mol. The largest absolute Gasteiger partial charge is 0.264 e. The molecule has 0 saturated heterocycles. The minimum absolute atomic E-state index is 0.107. The van der Waals surface area contributed by atoms with Gasteiger partial charge in [0.2, 0.25) is 0 Å². The molecule has 2 aromatic rings. The van der Waals surface area contributed by atoms with Crippen LogP contribution in [0.15, 0.2) is 45.9 Å². The summed E-state index contributed by atoms with van der Waals surface area (Å²) in [6.07, 6.45) is 9.68. The third-order valence-electron chi connectivity index (χ3n) is 6.44. The summed E-state index contributed by atoms with van der Waals surface area (Å²) in [4.78, 5) is 0.241. The Morgan fingerprint density at radius 1 is 1.00 bits per heavy atom. The van der Waals surface area contributed by atoms with Crippen LogP contribution in [0.25, 0.3) is 0 Å². The van der Waals surface area contributed by atoms with E-state index in [4.69, 9.17) is 0 Å². The average Bonchev–Trinajstić information content (AvgIpc) is 3.02. The molecule has 1 N–H and O–H groups in total. The zero-order chi connectivity index (χ0) is 17.9. The first-order valence-corrected chi connectivity index (χ1v) is 11.5. The Bertz CT molecular complexity index is 901. The molecule has 0 unspecified atom stereocenters. The van der Waals surface area contributed by atoms with Gasteiger partial charge in [-0.15, -0.1) is 0 Å². The molecule has 1 heterocycles. The van der Waals surface area contributed by atoms with Crippen molar-refractivity contribution in [3.05, 3.63) is 41.0 Å². The molecule has 4 aliphatic rings. The van der Waals surface area contributed by atoms with Gasteiger partial charge >= 0.3 is 0 Å². The number of anilines is 1. The second-order valence-electron chi connectivity index (χ2n) is 8.35. The van der Waals surface area contributed by atoms with E-state index < -0.39 is 10.0 Å². The Morgan fingerprint density at radius 3 is 2.15 bits per heavy atom. The molecular formula is C19H22BrN3O2S. The lowest BCUT2D eigenvalue weighted by Crippen LogP contribution is -2.52. The molecule has 0 atom stereocenters. The highest BCUT2D eigenvalue weighted by Crippen LogP contribution is 2.58. The lowest BCUT2D eigenvalue weighted by atomic mass is 9.53. The normalized spacial score (nSPS) is 32.7. The smallest absolute Gasteiger partial charge is 0.263 e. The average molecular weight is 436 g/mol. The molecule has 4 bridgehead atoms. The Labute approximate surface area is 162 Å². The van der Waals surface area contributed by atoms with Crippen LogP contribution in [0.1, 0.15) is 38.5 Å². The first-order chi connectivity index (χ1) is 12.4. The lowest BCUT2D eigenvalue weighted by molar-refractivity contribution is -0.0492. The van der Waals surface area contributed by atoms with Crippen molar-refractivity contribution in [2.45, 2.75) is 49.0 Å². The Kier molecular flexibility index (Phi) is 3.77. The maximum Gasteiger partial charge on any atom is 0.263 e. The standard InChI is InChI=1S/C19H22BrN3O2S/c20-16-1-3-17(4-2-16)26(24,25)22-18-5-6-23(21-18)19-10-13-7-14(11-19)9-15(8-13)12-19/h1-6,13-15H,7-12H2,(H,21,22). The van der Waals surface area contributed by atoms with Gasteiger partial charge in [0.25, 0.3) is 10.0 Å². The zero-order valence-corrected chi connectivity index (χ0v) is 16.8. The lowest BCUT2D eigenvalue weighted by Gasteiger charge is -2.56. The van der Waals surface area contributed by atoms with Crippen LogP contribution >= 0.6 is 15.9 Å². The highest BCUT2D eigenvalue weighted by Gasteiger charge is 2.52. The summed E-state index contributed by atoms with van der Waals surface area (Å²) in [5.74, 6) is 2.89. The molecule has 5 nitrogen and oxygen atoms in total. The first-order valence-electron chi connectivity index (χ1n) is 9.26. The van der Waals surface area contributed by atoms with Crippen LogP contribution in [-0.2, 0) is 15.6 Å². The number of nitrogens with one attached hydrogen (secondary N) is 1. The van der Waals surface area contributed by atoms with Gasteiger partial charge in [0.05, 0.1) is 10.4 Å². The summed E-state index contributed by atoms with van der Waals surface area (Å²) in [6.45, 7) is 0. The summed E-state index contributed by atoms with van der Waals surface area (Å²) < 4.78 is 30.7. The number of benzene rings is 1. The van der Waals surface area contributed by atoms with Crippen molar-refractivity contribution < 1.29 is 8.42 Å². The quantitative estimate of drug-likeness (QED) is 0.774. The van der Waals surface area contributed by atoms with Gasteiger partial charge in [-0.25, -0.2) is 8.42 Å². The van der Waals surface area contributed by atoms with Crippen LogP contribution in [0.4, 0.5) is 5.82 Å². The van der Waals surface area contributed by atoms with Gasteiger partial charge in [-0.05, 0) is 80.5 Å². The first kappa shape index (κ1) is 16.8. The topological polar surface area (TPSA) is 64.0 Å². The molecule has 0 spiro atoms. The predicted molar refractivity (Wildman–Crippen MR) is 103 cm³/mol. The molecule has 4 fully saturated rings. The summed E-state index contributed by atoms with van der Waals surface area (Å²) in [5.41, 5.74) is 0.107.